The minimum absolute atomic E-state index is 0.0703. The lowest BCUT2D eigenvalue weighted by molar-refractivity contribution is -0.133. The highest BCUT2D eigenvalue weighted by Gasteiger charge is 2.33. The Bertz CT molecular complexity index is 895. The average Bonchev–Trinajstić information content (AvgIpc) is 2.95. The number of hydrogen-bond acceptors (Lipinski definition) is 4. The predicted molar refractivity (Wildman–Crippen MR) is 95.7 cm³/mol. The van der Waals surface area contributed by atoms with Crippen molar-refractivity contribution in [1.82, 2.24) is 14.7 Å². The third-order valence-corrected chi connectivity index (χ3v) is 6.37. The first-order chi connectivity index (χ1) is 12.4. The Kier molecular flexibility index (Phi) is 5.41. The maximum atomic E-state index is 13.8. The van der Waals surface area contributed by atoms with Crippen LogP contribution in [0.5, 0.6) is 0 Å². The van der Waals surface area contributed by atoms with Crippen LogP contribution in [-0.2, 0) is 28.1 Å². The molecule has 1 fully saturated rings. The van der Waals surface area contributed by atoms with Gasteiger partial charge in [-0.1, -0.05) is 18.2 Å². The monoisotopic (exact) mass is 379 g/mol. The molecule has 2 heterocycles. The number of carbonyl (C=O) groups excluding carboxylic acids is 1. The summed E-state index contributed by atoms with van der Waals surface area (Å²) >= 11 is 0. The zero-order valence-electron chi connectivity index (χ0n) is 14.6. The third-order valence-electron chi connectivity index (χ3n) is 4.64. The lowest BCUT2D eigenvalue weighted by Gasteiger charge is -2.29. The third kappa shape index (κ3) is 4.30. The summed E-state index contributed by atoms with van der Waals surface area (Å²) in [6, 6.07) is 5.83. The molecule has 1 aromatic carbocycles. The first-order valence-electron chi connectivity index (χ1n) is 8.57. The molecule has 140 valence electrons. The minimum atomic E-state index is -3.24. The number of sulfone groups is 1. The molecule has 0 spiro atoms. The number of halogens is 1. The summed E-state index contributed by atoms with van der Waals surface area (Å²) < 4.78 is 39.8. The van der Waals surface area contributed by atoms with Gasteiger partial charge in [-0.3, -0.25) is 9.48 Å². The van der Waals surface area contributed by atoms with Gasteiger partial charge in [-0.2, -0.15) is 5.10 Å². The van der Waals surface area contributed by atoms with Crippen molar-refractivity contribution in [1.29, 1.82) is 0 Å². The van der Waals surface area contributed by atoms with Crippen molar-refractivity contribution in [3.63, 3.8) is 0 Å². The van der Waals surface area contributed by atoms with E-state index in [1.807, 2.05) is 0 Å². The molecule has 2 aromatic rings. The van der Waals surface area contributed by atoms with Crippen LogP contribution >= 0.6 is 0 Å². The van der Waals surface area contributed by atoms with E-state index in [1.54, 1.807) is 47.2 Å². The molecule has 1 aliphatic heterocycles. The summed E-state index contributed by atoms with van der Waals surface area (Å²) in [6.07, 6.45) is 4.17. The van der Waals surface area contributed by atoms with E-state index < -0.39 is 15.9 Å². The lowest BCUT2D eigenvalue weighted by Crippen LogP contribution is -2.37. The van der Waals surface area contributed by atoms with E-state index in [2.05, 4.69) is 5.10 Å². The summed E-state index contributed by atoms with van der Waals surface area (Å²) in [6.45, 7) is 0.370. The van der Waals surface area contributed by atoms with Crippen molar-refractivity contribution in [2.24, 2.45) is 7.05 Å². The van der Waals surface area contributed by atoms with E-state index in [0.29, 0.717) is 24.1 Å². The summed E-state index contributed by atoms with van der Waals surface area (Å²) in [7, 11) is -1.49. The van der Waals surface area contributed by atoms with Crippen molar-refractivity contribution in [3.05, 3.63) is 53.6 Å². The topological polar surface area (TPSA) is 72.3 Å². The second-order valence-electron chi connectivity index (χ2n) is 6.61. The molecule has 3 rings (SSSR count). The standard InChI is InChI=1S/C18H22FN3O3S/c1-21-12-15(11-20-21)17-13-26(24,25)10-4-9-22(17)18(23)8-7-14-5-2-3-6-16(14)19/h2-3,5-6,11-12,17H,4,7-10,13H2,1H3. The molecule has 1 aromatic heterocycles. The number of amides is 1. The Labute approximate surface area is 152 Å². The van der Waals surface area contributed by atoms with E-state index in [4.69, 9.17) is 0 Å². The molecule has 1 saturated heterocycles. The van der Waals surface area contributed by atoms with E-state index >= 15 is 0 Å². The van der Waals surface area contributed by atoms with Crippen molar-refractivity contribution in [3.8, 4) is 0 Å². The molecule has 26 heavy (non-hydrogen) atoms. The Morgan fingerprint density at radius 2 is 2.12 bits per heavy atom. The highest BCUT2D eigenvalue weighted by atomic mass is 32.2. The molecular weight excluding hydrogens is 357 g/mol. The zero-order valence-corrected chi connectivity index (χ0v) is 15.5. The smallest absolute Gasteiger partial charge is 0.223 e. The van der Waals surface area contributed by atoms with Crippen LogP contribution < -0.4 is 0 Å². The maximum Gasteiger partial charge on any atom is 0.223 e. The summed E-state index contributed by atoms with van der Waals surface area (Å²) in [5, 5.41) is 4.10. The van der Waals surface area contributed by atoms with E-state index in [-0.39, 0.29) is 36.1 Å². The number of benzene rings is 1. The molecule has 1 atom stereocenters. The largest absolute Gasteiger partial charge is 0.334 e. The highest BCUT2D eigenvalue weighted by molar-refractivity contribution is 7.91. The van der Waals surface area contributed by atoms with Crippen LogP contribution in [-0.4, -0.2) is 47.1 Å². The Morgan fingerprint density at radius 3 is 2.81 bits per heavy atom. The summed E-state index contributed by atoms with van der Waals surface area (Å²) in [5.41, 5.74) is 1.19. The second kappa shape index (κ2) is 7.57. The van der Waals surface area contributed by atoms with Gasteiger partial charge in [0.2, 0.25) is 5.91 Å². The van der Waals surface area contributed by atoms with Gasteiger partial charge in [0.15, 0.2) is 9.84 Å². The normalized spacial score (nSPS) is 19.9. The van der Waals surface area contributed by atoms with Gasteiger partial charge in [-0.25, -0.2) is 12.8 Å². The van der Waals surface area contributed by atoms with Crippen LogP contribution in [0.3, 0.4) is 0 Å². The van der Waals surface area contributed by atoms with Crippen molar-refractivity contribution in [2.45, 2.75) is 25.3 Å². The van der Waals surface area contributed by atoms with Crippen LogP contribution in [0.2, 0.25) is 0 Å². The number of nitrogens with zero attached hydrogens (tertiary/aromatic N) is 3. The van der Waals surface area contributed by atoms with Gasteiger partial charge in [-0.05, 0) is 24.5 Å². The van der Waals surface area contributed by atoms with Crippen LogP contribution in [0.4, 0.5) is 4.39 Å². The van der Waals surface area contributed by atoms with Gasteiger partial charge in [0, 0.05) is 31.8 Å². The molecule has 0 aliphatic carbocycles. The predicted octanol–water partition coefficient (Wildman–Crippen LogP) is 1.88. The van der Waals surface area contributed by atoms with E-state index in [1.165, 1.54) is 6.07 Å². The first-order valence-corrected chi connectivity index (χ1v) is 10.4. The molecule has 1 unspecified atom stereocenters. The van der Waals surface area contributed by atoms with Crippen molar-refractivity contribution >= 4 is 15.7 Å². The van der Waals surface area contributed by atoms with Gasteiger partial charge >= 0.3 is 0 Å². The van der Waals surface area contributed by atoms with Crippen LogP contribution in [0.15, 0.2) is 36.7 Å². The van der Waals surface area contributed by atoms with Gasteiger partial charge in [0.1, 0.15) is 5.82 Å². The molecule has 0 bridgehead atoms. The van der Waals surface area contributed by atoms with Gasteiger partial charge in [0.05, 0.1) is 23.7 Å². The fourth-order valence-corrected chi connectivity index (χ4v) is 4.89. The SMILES string of the molecule is Cn1cc(C2CS(=O)(=O)CCCN2C(=O)CCc2ccccc2F)cn1. The molecular formula is C18H22FN3O3S. The van der Waals surface area contributed by atoms with Crippen molar-refractivity contribution in [2.75, 3.05) is 18.1 Å². The average molecular weight is 379 g/mol. The quantitative estimate of drug-likeness (QED) is 0.813. The maximum absolute atomic E-state index is 13.8. The van der Waals surface area contributed by atoms with Crippen molar-refractivity contribution < 1.29 is 17.6 Å². The van der Waals surface area contributed by atoms with Crippen LogP contribution in [0.25, 0.3) is 0 Å². The molecule has 1 aliphatic rings. The Balaban J connectivity index is 1.80. The Hall–Kier alpha value is -2.22. The lowest BCUT2D eigenvalue weighted by atomic mass is 10.1. The fourth-order valence-electron chi connectivity index (χ4n) is 3.30. The molecule has 0 radical (unpaired) electrons. The van der Waals surface area contributed by atoms with Gasteiger partial charge in [0.25, 0.3) is 0 Å². The molecule has 1 amide bonds. The highest BCUT2D eigenvalue weighted by Crippen LogP contribution is 2.27. The number of rotatable bonds is 4. The van der Waals surface area contributed by atoms with Crippen LogP contribution in [0.1, 0.15) is 30.0 Å². The zero-order chi connectivity index (χ0) is 18.7. The number of aromatic nitrogens is 2. The van der Waals surface area contributed by atoms with E-state index in [0.717, 1.165) is 0 Å². The summed E-state index contributed by atoms with van der Waals surface area (Å²) in [4.78, 5) is 14.4. The number of carbonyl (C=O) groups is 1. The second-order valence-corrected chi connectivity index (χ2v) is 8.84. The molecule has 6 nitrogen and oxygen atoms in total. The Morgan fingerprint density at radius 1 is 1.35 bits per heavy atom. The van der Waals surface area contributed by atoms with Crippen LogP contribution in [0, 0.1) is 5.82 Å². The minimum Gasteiger partial charge on any atom is -0.334 e. The van der Waals surface area contributed by atoms with E-state index in [9.17, 15) is 17.6 Å². The van der Waals surface area contributed by atoms with Gasteiger partial charge in [-0.15, -0.1) is 0 Å². The molecule has 0 N–H and O–H groups in total. The number of hydrogen-bond donors (Lipinski definition) is 0. The summed E-state index contributed by atoms with van der Waals surface area (Å²) in [5.74, 6) is -0.535. The van der Waals surface area contributed by atoms with Gasteiger partial charge < -0.3 is 4.90 Å². The first kappa shape index (κ1) is 18.6. The molecule has 0 saturated carbocycles. The fraction of sp³-hybridized carbons (Fsp3) is 0.444. The number of aryl methyl sites for hydroxylation is 2. The molecule has 8 heteroatoms.